The molecule has 3 heterocycles. The number of aromatic nitrogens is 3. The molecule has 3 rings (SSSR count). The van der Waals surface area contributed by atoms with Crippen molar-refractivity contribution in [3.63, 3.8) is 0 Å². The smallest absolute Gasteiger partial charge is 0.310 e. The quantitative estimate of drug-likeness (QED) is 0.550. The van der Waals surface area contributed by atoms with Gasteiger partial charge >= 0.3 is 5.97 Å². The Morgan fingerprint density at radius 1 is 1.41 bits per heavy atom. The van der Waals surface area contributed by atoms with Crippen LogP contribution in [0.4, 0.5) is 0 Å². The molecular weight excluding hydrogens is 368 g/mol. The molecule has 0 bridgehead atoms. The maximum Gasteiger partial charge on any atom is 0.310 e. The highest BCUT2D eigenvalue weighted by Gasteiger charge is 2.29. The number of hydrogen-bond acceptors (Lipinski definition) is 7. The van der Waals surface area contributed by atoms with Crippen LogP contribution in [0.1, 0.15) is 25.5 Å². The van der Waals surface area contributed by atoms with Crippen LogP contribution in [0, 0.1) is 12.8 Å². The minimum absolute atomic E-state index is 0.00181. The molecule has 1 fully saturated rings. The molecule has 1 amide bonds. The minimum Gasteiger partial charge on any atom is -0.469 e. The van der Waals surface area contributed by atoms with Gasteiger partial charge in [-0.05, 0) is 32.8 Å². The van der Waals surface area contributed by atoms with E-state index in [0.717, 1.165) is 24.2 Å². The average molecular weight is 392 g/mol. The SMILES string of the molecule is CCOC(=O)[C@@H]1CCCN(C(=O)CSc2nnc(-c3ccoc3C)n2C)C1. The van der Waals surface area contributed by atoms with E-state index >= 15 is 0 Å². The molecule has 0 aromatic carbocycles. The summed E-state index contributed by atoms with van der Waals surface area (Å²) in [5.74, 6) is 1.30. The Kier molecular flexibility index (Phi) is 6.20. The van der Waals surface area contributed by atoms with Crippen molar-refractivity contribution in [1.82, 2.24) is 19.7 Å². The van der Waals surface area contributed by atoms with Gasteiger partial charge in [0.05, 0.1) is 30.1 Å². The number of rotatable bonds is 6. The van der Waals surface area contributed by atoms with Gasteiger partial charge in [0, 0.05) is 20.1 Å². The standard InChI is InChI=1S/C18H24N4O4S/c1-4-25-17(24)13-6-5-8-22(10-13)15(23)11-27-18-20-19-16(21(18)3)14-7-9-26-12(14)2/h7,9,13H,4-6,8,10-11H2,1-3H3/t13-/m1/s1. The monoisotopic (exact) mass is 392 g/mol. The zero-order valence-corrected chi connectivity index (χ0v) is 16.6. The normalized spacial score (nSPS) is 17.1. The van der Waals surface area contributed by atoms with Crippen molar-refractivity contribution in [1.29, 1.82) is 0 Å². The van der Waals surface area contributed by atoms with Crippen molar-refractivity contribution >= 4 is 23.6 Å². The van der Waals surface area contributed by atoms with E-state index in [4.69, 9.17) is 9.15 Å². The Bertz CT molecular complexity index is 816. The largest absolute Gasteiger partial charge is 0.469 e. The highest BCUT2D eigenvalue weighted by molar-refractivity contribution is 7.99. The lowest BCUT2D eigenvalue weighted by atomic mass is 9.98. The van der Waals surface area contributed by atoms with E-state index in [1.807, 2.05) is 24.6 Å². The fourth-order valence-electron chi connectivity index (χ4n) is 3.17. The van der Waals surface area contributed by atoms with Crippen molar-refractivity contribution in [2.75, 3.05) is 25.4 Å². The number of aryl methyl sites for hydroxylation is 1. The summed E-state index contributed by atoms with van der Waals surface area (Å²) in [6, 6.07) is 1.85. The molecule has 1 saturated heterocycles. The van der Waals surface area contributed by atoms with E-state index < -0.39 is 0 Å². The summed E-state index contributed by atoms with van der Waals surface area (Å²) in [6.07, 6.45) is 3.20. The zero-order valence-electron chi connectivity index (χ0n) is 15.8. The van der Waals surface area contributed by atoms with E-state index in [1.165, 1.54) is 11.8 Å². The molecule has 1 aliphatic heterocycles. The maximum atomic E-state index is 12.6. The number of esters is 1. The summed E-state index contributed by atoms with van der Waals surface area (Å²) in [7, 11) is 1.87. The van der Waals surface area contributed by atoms with Crippen LogP contribution in [0.3, 0.4) is 0 Å². The van der Waals surface area contributed by atoms with Gasteiger partial charge in [0.15, 0.2) is 11.0 Å². The van der Waals surface area contributed by atoms with Crippen molar-refractivity contribution in [2.45, 2.75) is 31.8 Å². The van der Waals surface area contributed by atoms with E-state index in [-0.39, 0.29) is 23.5 Å². The van der Waals surface area contributed by atoms with Gasteiger partial charge in [0.1, 0.15) is 5.76 Å². The molecule has 0 aliphatic carbocycles. The van der Waals surface area contributed by atoms with Crippen LogP contribution in [0.2, 0.25) is 0 Å². The number of thioether (sulfide) groups is 1. The van der Waals surface area contributed by atoms with Crippen LogP contribution in [0.5, 0.6) is 0 Å². The molecule has 2 aromatic heterocycles. The van der Waals surface area contributed by atoms with E-state index in [9.17, 15) is 9.59 Å². The highest BCUT2D eigenvalue weighted by Crippen LogP contribution is 2.26. The first-order chi connectivity index (χ1) is 13.0. The van der Waals surface area contributed by atoms with Gasteiger partial charge in [-0.3, -0.25) is 9.59 Å². The first-order valence-electron chi connectivity index (χ1n) is 9.02. The minimum atomic E-state index is -0.224. The first-order valence-corrected chi connectivity index (χ1v) is 10.0. The number of likely N-dealkylation sites (tertiary alicyclic amines) is 1. The molecule has 0 N–H and O–H groups in total. The molecule has 0 spiro atoms. The van der Waals surface area contributed by atoms with Gasteiger partial charge in [-0.15, -0.1) is 10.2 Å². The predicted octanol–water partition coefficient (Wildman–Crippen LogP) is 2.28. The van der Waals surface area contributed by atoms with E-state index in [2.05, 4.69) is 10.2 Å². The Morgan fingerprint density at radius 2 is 2.22 bits per heavy atom. The average Bonchev–Trinajstić information content (AvgIpc) is 3.25. The third kappa shape index (κ3) is 4.35. The third-order valence-corrected chi connectivity index (χ3v) is 5.66. The van der Waals surface area contributed by atoms with Crippen LogP contribution >= 0.6 is 11.8 Å². The molecule has 0 saturated carbocycles. The number of carbonyl (C=O) groups is 2. The molecule has 146 valence electrons. The Hall–Kier alpha value is -2.29. The number of hydrogen-bond donors (Lipinski definition) is 0. The predicted molar refractivity (Wildman–Crippen MR) is 100 cm³/mol. The first kappa shape index (κ1) is 19.5. The van der Waals surface area contributed by atoms with Gasteiger partial charge in [-0.2, -0.15) is 0 Å². The second-order valence-electron chi connectivity index (χ2n) is 6.48. The van der Waals surface area contributed by atoms with Crippen molar-refractivity contribution in [2.24, 2.45) is 13.0 Å². The molecule has 2 aromatic rings. The highest BCUT2D eigenvalue weighted by atomic mass is 32.2. The Balaban J connectivity index is 1.59. The van der Waals surface area contributed by atoms with Gasteiger partial charge in [-0.1, -0.05) is 11.8 Å². The lowest BCUT2D eigenvalue weighted by Gasteiger charge is -2.31. The topological polar surface area (TPSA) is 90.5 Å². The van der Waals surface area contributed by atoms with Crippen LogP contribution in [-0.4, -0.2) is 57.0 Å². The fourth-order valence-corrected chi connectivity index (χ4v) is 3.98. The zero-order chi connectivity index (χ0) is 19.4. The number of furan rings is 1. The van der Waals surface area contributed by atoms with Crippen LogP contribution in [0.15, 0.2) is 21.9 Å². The number of carbonyl (C=O) groups excluding carboxylic acids is 2. The fraction of sp³-hybridized carbons (Fsp3) is 0.556. The molecule has 1 aliphatic rings. The summed E-state index contributed by atoms with van der Waals surface area (Å²) < 4.78 is 12.3. The number of ether oxygens (including phenoxy) is 1. The second-order valence-corrected chi connectivity index (χ2v) is 7.42. The Morgan fingerprint density at radius 3 is 2.93 bits per heavy atom. The summed E-state index contributed by atoms with van der Waals surface area (Å²) in [5, 5.41) is 9.06. The number of nitrogens with zero attached hydrogens (tertiary/aromatic N) is 4. The lowest BCUT2D eigenvalue weighted by molar-refractivity contribution is -0.151. The van der Waals surface area contributed by atoms with Gasteiger partial charge in [0.25, 0.3) is 0 Å². The maximum absolute atomic E-state index is 12.6. The lowest BCUT2D eigenvalue weighted by Crippen LogP contribution is -2.43. The van der Waals surface area contributed by atoms with Crippen LogP contribution in [-0.2, 0) is 21.4 Å². The summed E-state index contributed by atoms with van der Waals surface area (Å²) >= 11 is 1.34. The van der Waals surface area contributed by atoms with Crippen molar-refractivity contribution in [3.8, 4) is 11.4 Å². The Labute approximate surface area is 162 Å². The number of amides is 1. The molecule has 0 radical (unpaired) electrons. The van der Waals surface area contributed by atoms with Crippen molar-refractivity contribution < 1.29 is 18.7 Å². The number of piperidine rings is 1. The summed E-state index contributed by atoms with van der Waals surface area (Å²) in [6.45, 7) is 5.13. The third-order valence-electron chi connectivity index (χ3n) is 4.65. The summed E-state index contributed by atoms with van der Waals surface area (Å²) in [5.41, 5.74) is 0.886. The van der Waals surface area contributed by atoms with Crippen LogP contribution < -0.4 is 0 Å². The van der Waals surface area contributed by atoms with E-state index in [0.29, 0.717) is 30.7 Å². The van der Waals surface area contributed by atoms with Gasteiger partial charge in [-0.25, -0.2) is 0 Å². The molecule has 9 heteroatoms. The van der Waals surface area contributed by atoms with Gasteiger partial charge < -0.3 is 18.6 Å². The molecule has 8 nitrogen and oxygen atoms in total. The molecule has 27 heavy (non-hydrogen) atoms. The summed E-state index contributed by atoms with van der Waals surface area (Å²) in [4.78, 5) is 26.3. The van der Waals surface area contributed by atoms with Crippen molar-refractivity contribution in [3.05, 3.63) is 18.1 Å². The molecule has 0 unspecified atom stereocenters. The van der Waals surface area contributed by atoms with Gasteiger partial charge in [0.2, 0.25) is 5.91 Å². The molecular formula is C18H24N4O4S. The second kappa shape index (κ2) is 8.60. The molecule has 1 atom stereocenters. The van der Waals surface area contributed by atoms with E-state index in [1.54, 1.807) is 18.1 Å². The van der Waals surface area contributed by atoms with Crippen LogP contribution in [0.25, 0.3) is 11.4 Å².